The average Bonchev–Trinajstić information content (AvgIpc) is 2.80. The van der Waals surface area contributed by atoms with Crippen molar-refractivity contribution in [2.45, 2.75) is 95.6 Å². The number of esters is 1. The molecule has 1 fully saturated rings. The second kappa shape index (κ2) is 11.3. The van der Waals surface area contributed by atoms with Crippen molar-refractivity contribution in [2.24, 2.45) is 5.92 Å². The molecule has 0 heterocycles. The Kier molecular flexibility index (Phi) is 8.79. The number of phenolic OH excluding ortho intramolecular Hbond substituents is 1. The fourth-order valence-corrected chi connectivity index (χ4v) is 5.81. The van der Waals surface area contributed by atoms with Crippen LogP contribution in [-0.2, 0) is 26.1 Å². The van der Waals surface area contributed by atoms with Crippen molar-refractivity contribution >= 4 is 5.97 Å². The highest BCUT2D eigenvalue weighted by Crippen LogP contribution is 2.44. The van der Waals surface area contributed by atoms with Crippen LogP contribution in [0.5, 0.6) is 5.75 Å². The predicted octanol–water partition coefficient (Wildman–Crippen LogP) is 4.88. The van der Waals surface area contributed by atoms with Gasteiger partial charge in [-0.2, -0.15) is 0 Å². The highest BCUT2D eigenvalue weighted by molar-refractivity contribution is 5.69. The van der Waals surface area contributed by atoms with Crippen LogP contribution in [0.2, 0.25) is 0 Å². The number of hydrogen-bond acceptors (Lipinski definition) is 5. The van der Waals surface area contributed by atoms with Crippen molar-refractivity contribution in [1.29, 1.82) is 0 Å². The Labute approximate surface area is 187 Å². The molecule has 0 bridgehead atoms. The number of hydrogen-bond donors (Lipinski definition) is 2. The van der Waals surface area contributed by atoms with E-state index in [1.807, 2.05) is 12.1 Å². The van der Waals surface area contributed by atoms with Crippen LogP contribution in [-0.4, -0.2) is 43.5 Å². The van der Waals surface area contributed by atoms with Crippen LogP contribution < -0.4 is 5.32 Å². The number of aromatic hydroxyl groups is 1. The van der Waals surface area contributed by atoms with Gasteiger partial charge in [0.25, 0.3) is 0 Å². The maximum absolute atomic E-state index is 12.2. The Bertz CT molecular complexity index is 709. The number of carbonyl (C=O) groups is 1. The second-order valence-electron chi connectivity index (χ2n) is 9.41. The summed E-state index contributed by atoms with van der Waals surface area (Å²) in [6, 6.07) is 5.88. The maximum atomic E-state index is 12.2. The minimum absolute atomic E-state index is 0.0650. The largest absolute Gasteiger partial charge is 0.508 e. The molecular formula is C26H41NO4. The van der Waals surface area contributed by atoms with E-state index in [1.54, 1.807) is 13.2 Å². The van der Waals surface area contributed by atoms with Crippen LogP contribution >= 0.6 is 0 Å². The predicted molar refractivity (Wildman–Crippen MR) is 123 cm³/mol. The summed E-state index contributed by atoms with van der Waals surface area (Å²) < 4.78 is 11.5. The van der Waals surface area contributed by atoms with E-state index in [-0.39, 0.29) is 23.5 Å². The summed E-state index contributed by atoms with van der Waals surface area (Å²) in [5.41, 5.74) is 2.39. The first kappa shape index (κ1) is 24.1. The third kappa shape index (κ3) is 5.61. The number of nitrogens with one attached hydrogen (secondary N) is 1. The minimum Gasteiger partial charge on any atom is -0.508 e. The molecule has 0 aliphatic heterocycles. The number of fused-ring (bicyclic) bond motifs is 1. The Morgan fingerprint density at radius 1 is 1.19 bits per heavy atom. The molecule has 1 saturated carbocycles. The Morgan fingerprint density at radius 2 is 1.94 bits per heavy atom. The van der Waals surface area contributed by atoms with Gasteiger partial charge < -0.3 is 19.9 Å². The molecule has 0 spiro atoms. The molecule has 1 aromatic carbocycles. The lowest BCUT2D eigenvalue weighted by Crippen LogP contribution is -2.59. The SMILES string of the molecule is CCC1(CC)c2cc(O)ccc2C[C@@H](OC)[C@@H]1NCCCC(=O)OCC1CCCCC1. The van der Waals surface area contributed by atoms with E-state index in [2.05, 4.69) is 19.2 Å². The number of ether oxygens (including phenoxy) is 2. The number of phenols is 1. The van der Waals surface area contributed by atoms with Crippen molar-refractivity contribution in [3.05, 3.63) is 29.3 Å². The third-order valence-electron chi connectivity index (χ3n) is 7.71. The monoisotopic (exact) mass is 431 g/mol. The van der Waals surface area contributed by atoms with Gasteiger partial charge in [0.15, 0.2) is 0 Å². The molecule has 0 radical (unpaired) electrons. The van der Waals surface area contributed by atoms with Gasteiger partial charge in [0.2, 0.25) is 0 Å². The van der Waals surface area contributed by atoms with E-state index < -0.39 is 0 Å². The molecule has 174 valence electrons. The van der Waals surface area contributed by atoms with Crippen LogP contribution in [0.25, 0.3) is 0 Å². The second-order valence-corrected chi connectivity index (χ2v) is 9.41. The molecule has 2 aliphatic rings. The van der Waals surface area contributed by atoms with E-state index >= 15 is 0 Å². The summed E-state index contributed by atoms with van der Waals surface area (Å²) in [7, 11) is 1.78. The van der Waals surface area contributed by atoms with Gasteiger partial charge in [-0.1, -0.05) is 39.2 Å². The average molecular weight is 432 g/mol. The van der Waals surface area contributed by atoms with E-state index in [0.29, 0.717) is 24.7 Å². The van der Waals surface area contributed by atoms with Crippen LogP contribution in [0.3, 0.4) is 0 Å². The molecule has 5 heteroatoms. The number of methoxy groups -OCH3 is 1. The molecule has 2 atom stereocenters. The zero-order chi connectivity index (χ0) is 22.3. The standard InChI is InChI=1S/C26H41NO4/c1-4-26(5-2)22-17-21(28)14-13-20(22)16-23(30-3)25(26)27-15-9-12-24(29)31-18-19-10-7-6-8-11-19/h13-14,17,19,23,25,27-28H,4-12,15-16,18H2,1-3H3/t23-,25+/m1/s1. The Morgan fingerprint density at radius 3 is 2.61 bits per heavy atom. The molecule has 5 nitrogen and oxygen atoms in total. The zero-order valence-corrected chi connectivity index (χ0v) is 19.6. The maximum Gasteiger partial charge on any atom is 0.305 e. The van der Waals surface area contributed by atoms with E-state index in [4.69, 9.17) is 9.47 Å². The van der Waals surface area contributed by atoms with Gasteiger partial charge in [-0.25, -0.2) is 0 Å². The zero-order valence-electron chi connectivity index (χ0n) is 19.6. The van der Waals surface area contributed by atoms with Gasteiger partial charge in [-0.3, -0.25) is 4.79 Å². The van der Waals surface area contributed by atoms with E-state index in [9.17, 15) is 9.90 Å². The molecule has 0 amide bonds. The highest BCUT2D eigenvalue weighted by Gasteiger charge is 2.46. The summed E-state index contributed by atoms with van der Waals surface area (Å²) in [5.74, 6) is 0.805. The molecule has 1 aromatic rings. The number of benzene rings is 1. The van der Waals surface area contributed by atoms with Crippen LogP contribution in [0, 0.1) is 5.92 Å². The molecule has 2 N–H and O–H groups in total. The summed E-state index contributed by atoms with van der Waals surface area (Å²) >= 11 is 0. The molecular weight excluding hydrogens is 390 g/mol. The van der Waals surface area contributed by atoms with Crippen LogP contribution in [0.1, 0.15) is 82.8 Å². The molecule has 0 aromatic heterocycles. The van der Waals surface area contributed by atoms with Gasteiger partial charge in [0.1, 0.15) is 5.75 Å². The first-order chi connectivity index (χ1) is 15.0. The van der Waals surface area contributed by atoms with Crippen molar-refractivity contribution in [3.63, 3.8) is 0 Å². The van der Waals surface area contributed by atoms with Gasteiger partial charge in [0, 0.05) is 31.4 Å². The van der Waals surface area contributed by atoms with Gasteiger partial charge >= 0.3 is 5.97 Å². The molecule has 0 saturated heterocycles. The Balaban J connectivity index is 1.56. The van der Waals surface area contributed by atoms with Crippen LogP contribution in [0.15, 0.2) is 18.2 Å². The van der Waals surface area contributed by atoms with Crippen molar-refractivity contribution < 1.29 is 19.4 Å². The summed E-state index contributed by atoms with van der Waals surface area (Å²) in [6.07, 6.45) is 10.3. The lowest BCUT2D eigenvalue weighted by Gasteiger charge is -2.49. The quantitative estimate of drug-likeness (QED) is 0.408. The molecule has 31 heavy (non-hydrogen) atoms. The molecule has 3 rings (SSSR count). The Hall–Kier alpha value is -1.59. The van der Waals surface area contributed by atoms with Gasteiger partial charge in [-0.05, 0) is 67.8 Å². The minimum atomic E-state index is -0.103. The van der Waals surface area contributed by atoms with Crippen molar-refractivity contribution in [2.75, 3.05) is 20.3 Å². The highest BCUT2D eigenvalue weighted by atomic mass is 16.5. The topological polar surface area (TPSA) is 67.8 Å². The third-order valence-corrected chi connectivity index (χ3v) is 7.71. The summed E-state index contributed by atoms with van der Waals surface area (Å²) in [6.45, 7) is 5.77. The lowest BCUT2D eigenvalue weighted by atomic mass is 9.62. The van der Waals surface area contributed by atoms with Gasteiger partial charge in [0.05, 0.1) is 12.7 Å². The first-order valence-corrected chi connectivity index (χ1v) is 12.3. The summed E-state index contributed by atoms with van der Waals surface area (Å²) in [4.78, 5) is 12.2. The fraction of sp³-hybridized carbons (Fsp3) is 0.731. The van der Waals surface area contributed by atoms with E-state index in [1.165, 1.54) is 43.2 Å². The molecule has 0 unspecified atom stereocenters. The van der Waals surface area contributed by atoms with Gasteiger partial charge in [-0.15, -0.1) is 0 Å². The lowest BCUT2D eigenvalue weighted by molar-refractivity contribution is -0.145. The number of rotatable bonds is 10. The fourth-order valence-electron chi connectivity index (χ4n) is 5.81. The van der Waals surface area contributed by atoms with Crippen molar-refractivity contribution in [3.8, 4) is 5.75 Å². The molecule has 2 aliphatic carbocycles. The number of carbonyl (C=O) groups excluding carboxylic acids is 1. The summed E-state index contributed by atoms with van der Waals surface area (Å²) in [5, 5.41) is 13.9. The van der Waals surface area contributed by atoms with Crippen molar-refractivity contribution in [1.82, 2.24) is 5.32 Å². The van der Waals surface area contributed by atoms with E-state index in [0.717, 1.165) is 32.2 Å². The normalized spacial score (nSPS) is 23.3. The van der Waals surface area contributed by atoms with Crippen LogP contribution in [0.4, 0.5) is 0 Å². The first-order valence-electron chi connectivity index (χ1n) is 12.3. The smallest absolute Gasteiger partial charge is 0.305 e.